The summed E-state index contributed by atoms with van der Waals surface area (Å²) in [4.78, 5) is 15.6. The minimum Gasteiger partial charge on any atom is -0.368 e. The summed E-state index contributed by atoms with van der Waals surface area (Å²) < 4.78 is 0. The number of anilines is 1. The van der Waals surface area contributed by atoms with Crippen molar-refractivity contribution in [3.8, 4) is 0 Å². The van der Waals surface area contributed by atoms with Crippen LogP contribution in [0.3, 0.4) is 0 Å². The molecule has 2 amide bonds. The Kier molecular flexibility index (Phi) is 4.25. The number of rotatable bonds is 2. The number of piperazine rings is 1. The molecule has 120 valence electrons. The molecule has 3 rings (SSSR count). The van der Waals surface area contributed by atoms with Crippen LogP contribution in [-0.4, -0.2) is 44.2 Å². The average Bonchev–Trinajstić information content (AvgIpc) is 2.55. The number of fused-ring (bicyclic) bond motifs is 1. The van der Waals surface area contributed by atoms with Crippen molar-refractivity contribution in [3.05, 3.63) is 35.9 Å². The van der Waals surface area contributed by atoms with Crippen LogP contribution in [0.2, 0.25) is 0 Å². The summed E-state index contributed by atoms with van der Waals surface area (Å²) in [6.07, 6.45) is 0. The Labute approximate surface area is 135 Å². The Balaban J connectivity index is 2.11. The lowest BCUT2D eigenvalue weighted by Crippen LogP contribution is -2.44. The van der Waals surface area contributed by atoms with Gasteiger partial charge in [0.05, 0.1) is 5.69 Å². The molecule has 0 radical (unpaired) electrons. The minimum absolute atomic E-state index is 0.691. The summed E-state index contributed by atoms with van der Waals surface area (Å²) in [6, 6.07) is 9.50. The highest BCUT2D eigenvalue weighted by Gasteiger charge is 2.18. The van der Waals surface area contributed by atoms with E-state index < -0.39 is 6.03 Å². The molecule has 6 nitrogen and oxygen atoms in total. The Hall–Kier alpha value is -2.47. The van der Waals surface area contributed by atoms with Gasteiger partial charge in [0.2, 0.25) is 0 Å². The van der Waals surface area contributed by atoms with Crippen molar-refractivity contribution in [2.75, 3.05) is 38.1 Å². The predicted octanol–water partition coefficient (Wildman–Crippen LogP) is 3.06. The molecule has 2 aromatic rings. The van der Waals surface area contributed by atoms with Gasteiger partial charge in [0, 0.05) is 37.3 Å². The monoisotopic (exact) mass is 311 g/mol. The van der Waals surface area contributed by atoms with E-state index >= 15 is 0 Å². The highest BCUT2D eigenvalue weighted by Crippen LogP contribution is 2.36. The highest BCUT2D eigenvalue weighted by molar-refractivity contribution is 5.99. The molecule has 23 heavy (non-hydrogen) atoms. The lowest BCUT2D eigenvalue weighted by molar-refractivity contribution is 0.255. The van der Waals surface area contributed by atoms with Gasteiger partial charge in [0.15, 0.2) is 0 Å². The van der Waals surface area contributed by atoms with Crippen molar-refractivity contribution >= 4 is 28.2 Å². The number of aryl methyl sites for hydroxylation is 1. The first-order chi connectivity index (χ1) is 11.1. The molecular formula is C17H21N5O. The highest BCUT2D eigenvalue weighted by atomic mass is 16.2. The summed E-state index contributed by atoms with van der Waals surface area (Å²) in [5.41, 5.74) is 7.91. The van der Waals surface area contributed by atoms with Crippen LogP contribution in [-0.2, 0) is 0 Å². The molecule has 0 aromatic heterocycles. The summed E-state index contributed by atoms with van der Waals surface area (Å²) in [5.74, 6) is 0. The third kappa shape index (κ3) is 3.17. The van der Waals surface area contributed by atoms with Gasteiger partial charge in [-0.3, -0.25) is 0 Å². The molecule has 0 bridgehead atoms. The molecule has 0 atom stereocenters. The molecule has 0 aliphatic carbocycles. The van der Waals surface area contributed by atoms with Gasteiger partial charge < -0.3 is 15.5 Å². The van der Waals surface area contributed by atoms with Gasteiger partial charge in [0.25, 0.3) is 0 Å². The normalized spacial score (nSPS) is 16.3. The fourth-order valence-corrected chi connectivity index (χ4v) is 3.00. The second-order valence-electron chi connectivity index (χ2n) is 5.91. The number of primary amides is 1. The molecule has 0 unspecified atom stereocenters. The molecule has 1 aliphatic rings. The van der Waals surface area contributed by atoms with Crippen LogP contribution in [0.25, 0.3) is 10.8 Å². The van der Waals surface area contributed by atoms with Crippen LogP contribution in [0.5, 0.6) is 0 Å². The third-order valence-corrected chi connectivity index (χ3v) is 4.36. The number of azo groups is 1. The van der Waals surface area contributed by atoms with Crippen LogP contribution < -0.4 is 10.6 Å². The van der Waals surface area contributed by atoms with Crippen molar-refractivity contribution in [2.24, 2.45) is 16.0 Å². The topological polar surface area (TPSA) is 74.3 Å². The Bertz CT molecular complexity index is 763. The van der Waals surface area contributed by atoms with Crippen molar-refractivity contribution in [3.63, 3.8) is 0 Å². The van der Waals surface area contributed by atoms with Crippen molar-refractivity contribution in [1.82, 2.24) is 4.90 Å². The van der Waals surface area contributed by atoms with Gasteiger partial charge in [-0.1, -0.05) is 29.4 Å². The van der Waals surface area contributed by atoms with Crippen molar-refractivity contribution in [2.45, 2.75) is 6.92 Å². The number of carbonyl (C=O) groups is 1. The van der Waals surface area contributed by atoms with Gasteiger partial charge in [-0.05, 0) is 31.0 Å². The van der Waals surface area contributed by atoms with E-state index in [4.69, 9.17) is 5.73 Å². The van der Waals surface area contributed by atoms with Crippen molar-refractivity contribution < 1.29 is 4.79 Å². The van der Waals surface area contributed by atoms with E-state index in [2.05, 4.69) is 39.2 Å². The van der Waals surface area contributed by atoms with Gasteiger partial charge >= 0.3 is 6.03 Å². The maximum Gasteiger partial charge on any atom is 0.356 e. The number of nitrogens with zero attached hydrogens (tertiary/aromatic N) is 4. The fourth-order valence-electron chi connectivity index (χ4n) is 3.00. The van der Waals surface area contributed by atoms with Gasteiger partial charge in [0.1, 0.15) is 0 Å². The predicted molar refractivity (Wildman–Crippen MR) is 92.5 cm³/mol. The maximum atomic E-state index is 10.9. The lowest BCUT2D eigenvalue weighted by Gasteiger charge is -2.35. The molecule has 1 fully saturated rings. The zero-order chi connectivity index (χ0) is 16.4. The summed E-state index contributed by atoms with van der Waals surface area (Å²) >= 11 is 0. The Morgan fingerprint density at radius 1 is 1.13 bits per heavy atom. The number of likely N-dealkylation sites (N-methyl/N-ethyl adjacent to an activating group) is 1. The smallest absolute Gasteiger partial charge is 0.356 e. The molecule has 0 spiro atoms. The molecule has 0 saturated carbocycles. The molecule has 1 aliphatic heterocycles. The molecule has 2 aromatic carbocycles. The number of hydrogen-bond donors (Lipinski definition) is 1. The third-order valence-electron chi connectivity index (χ3n) is 4.36. The number of amides is 2. The molecule has 6 heteroatoms. The zero-order valence-corrected chi connectivity index (χ0v) is 13.5. The lowest BCUT2D eigenvalue weighted by atomic mass is 10.0. The number of hydrogen-bond acceptors (Lipinski definition) is 4. The fraction of sp³-hybridized carbons (Fsp3) is 0.353. The minimum atomic E-state index is -0.779. The molecule has 1 saturated heterocycles. The molecular weight excluding hydrogens is 290 g/mol. The first-order valence-corrected chi connectivity index (χ1v) is 7.73. The Morgan fingerprint density at radius 3 is 2.43 bits per heavy atom. The van der Waals surface area contributed by atoms with E-state index in [1.807, 2.05) is 25.1 Å². The van der Waals surface area contributed by atoms with Gasteiger partial charge in [-0.15, -0.1) is 5.11 Å². The quantitative estimate of drug-likeness (QED) is 0.866. The number of nitrogens with two attached hydrogens (primary N) is 1. The summed E-state index contributed by atoms with van der Waals surface area (Å²) in [6.45, 7) is 5.98. The Morgan fingerprint density at radius 2 is 1.78 bits per heavy atom. The largest absolute Gasteiger partial charge is 0.368 e. The van der Waals surface area contributed by atoms with Crippen molar-refractivity contribution in [1.29, 1.82) is 0 Å². The summed E-state index contributed by atoms with van der Waals surface area (Å²) in [5, 5.41) is 9.87. The van der Waals surface area contributed by atoms with E-state index in [0.29, 0.717) is 5.69 Å². The van der Waals surface area contributed by atoms with Gasteiger partial charge in [-0.2, -0.15) is 0 Å². The van der Waals surface area contributed by atoms with E-state index in [0.717, 1.165) is 42.8 Å². The maximum absolute atomic E-state index is 10.9. The first kappa shape index (κ1) is 15.4. The van der Waals surface area contributed by atoms with E-state index in [1.54, 1.807) is 0 Å². The van der Waals surface area contributed by atoms with Crippen LogP contribution >= 0.6 is 0 Å². The molecule has 2 N–H and O–H groups in total. The van der Waals surface area contributed by atoms with E-state index in [9.17, 15) is 4.79 Å². The van der Waals surface area contributed by atoms with E-state index in [-0.39, 0.29) is 0 Å². The standard InChI is InChI=1S/C17H21N5O/c1-12-13-5-3-4-6-14(13)16(11-15(12)19-20-17(18)23)22-9-7-21(2)8-10-22/h3-6,11H,7-10H2,1-2H3,(H2,18,23)/b20-19+. The van der Waals surface area contributed by atoms with Crippen LogP contribution in [0.4, 0.5) is 16.2 Å². The van der Waals surface area contributed by atoms with Crippen LogP contribution in [0.15, 0.2) is 40.6 Å². The summed E-state index contributed by atoms with van der Waals surface area (Å²) in [7, 11) is 2.14. The number of benzene rings is 2. The van der Waals surface area contributed by atoms with E-state index in [1.165, 1.54) is 5.39 Å². The second-order valence-corrected chi connectivity index (χ2v) is 5.91. The van der Waals surface area contributed by atoms with Gasteiger partial charge in [-0.25, -0.2) is 4.79 Å². The number of carbonyl (C=O) groups excluding carboxylic acids is 1. The van der Waals surface area contributed by atoms with Crippen LogP contribution in [0, 0.1) is 6.92 Å². The zero-order valence-electron chi connectivity index (χ0n) is 13.5. The molecule has 1 heterocycles. The SMILES string of the molecule is Cc1c(/N=N/C(N)=O)cc(N2CCN(C)CC2)c2ccccc12. The average molecular weight is 311 g/mol. The van der Waals surface area contributed by atoms with Crippen LogP contribution in [0.1, 0.15) is 5.56 Å². The first-order valence-electron chi connectivity index (χ1n) is 7.73. The number of urea groups is 1. The second kappa shape index (κ2) is 6.34.